The van der Waals surface area contributed by atoms with Crippen LogP contribution in [0.3, 0.4) is 0 Å². The molecular formula is C61H66ClN11O10S. The number of halogens is 1. The van der Waals surface area contributed by atoms with Crippen LogP contribution in [0.1, 0.15) is 97.1 Å². The second-order valence-corrected chi connectivity index (χ2v) is 25.2. The maximum atomic E-state index is 14.2. The van der Waals surface area contributed by atoms with Crippen molar-refractivity contribution < 1.29 is 42.1 Å². The minimum Gasteiger partial charge on any atom is -0.455 e. The zero-order valence-electron chi connectivity index (χ0n) is 46.7. The molecular weight excluding hydrogens is 1110 g/mol. The van der Waals surface area contributed by atoms with Gasteiger partial charge < -0.3 is 35.1 Å². The van der Waals surface area contributed by atoms with Gasteiger partial charge in [0, 0.05) is 130 Å². The molecule has 0 bridgehead atoms. The number of rotatable bonds is 18. The largest absolute Gasteiger partial charge is 0.455 e. The molecule has 3 fully saturated rings. The maximum absolute atomic E-state index is 14.2. The standard InChI is InChI=1S/C61H66ClN11O10S/c1-61(2)21-16-41(48(33-61)39-6-8-42(62)9-7-39)36-69-26-28-70(29-27-69)43-10-12-47(54(31-43)83-44-30-40-17-22-64-57(40)66-35-44)58(76)68-84(81,82)45-11-13-51(53(32-45)73(79)80)65-34-38-19-24-71(25-20-38)56(75)18-23-63-50-5-3-4-46-49(50)37-72(60(46)78)52-14-15-55(74)67-59(52)77/h3-13,17,22,30-32,35,38,52,63,65H,14-16,18-21,23-29,33-34,36-37H2,1-2H3,(H,64,66)(H,68,76)(H,67,74,77). The molecule has 5 aliphatic rings. The Kier molecular flexibility index (Phi) is 16.5. The number of H-pyrrole nitrogens is 1. The summed E-state index contributed by atoms with van der Waals surface area (Å²) in [6.45, 7) is 10.2. The second-order valence-electron chi connectivity index (χ2n) is 23.0. The number of sulfonamides is 1. The molecule has 6 aromatic rings. The van der Waals surface area contributed by atoms with E-state index in [4.69, 9.17) is 16.3 Å². The summed E-state index contributed by atoms with van der Waals surface area (Å²) in [7, 11) is -4.67. The quantitative estimate of drug-likeness (QED) is 0.0306. The lowest BCUT2D eigenvalue weighted by atomic mass is 9.72. The van der Waals surface area contributed by atoms with Crippen molar-refractivity contribution in [2.75, 3.05) is 74.4 Å². The number of nitrogens with zero attached hydrogens (tertiary/aromatic N) is 6. The second kappa shape index (κ2) is 24.1. The number of piperazine rings is 1. The van der Waals surface area contributed by atoms with Gasteiger partial charge in [0.1, 0.15) is 28.9 Å². The Hall–Kier alpha value is -8.34. The number of hydrogen-bond donors (Lipinski definition) is 5. The number of aromatic amines is 1. The molecule has 23 heteroatoms. The summed E-state index contributed by atoms with van der Waals surface area (Å²) >= 11 is 6.27. The van der Waals surface area contributed by atoms with Crippen molar-refractivity contribution >= 4 is 90.5 Å². The first-order valence-electron chi connectivity index (χ1n) is 28.4. The first kappa shape index (κ1) is 57.5. The van der Waals surface area contributed by atoms with E-state index in [1.54, 1.807) is 41.4 Å². The number of carbonyl (C=O) groups excluding carboxylic acids is 5. The molecule has 5 N–H and O–H groups in total. The smallest absolute Gasteiger partial charge is 0.293 e. The lowest BCUT2D eigenvalue weighted by molar-refractivity contribution is -0.384. The summed E-state index contributed by atoms with van der Waals surface area (Å²) in [4.78, 5) is 91.7. The predicted molar refractivity (Wildman–Crippen MR) is 318 cm³/mol. The molecule has 4 aromatic carbocycles. The number of benzene rings is 4. The van der Waals surface area contributed by atoms with E-state index in [1.807, 2.05) is 24.3 Å². The van der Waals surface area contributed by atoms with Gasteiger partial charge in [0.15, 0.2) is 0 Å². The van der Waals surface area contributed by atoms with Crippen LogP contribution >= 0.6 is 11.6 Å². The summed E-state index contributed by atoms with van der Waals surface area (Å²) < 4.78 is 36.4. The Bertz CT molecular complexity index is 3720. The Balaban J connectivity index is 0.699. The number of nitro benzene ring substituents is 1. The summed E-state index contributed by atoms with van der Waals surface area (Å²) in [6.07, 6.45) is 8.22. The maximum Gasteiger partial charge on any atom is 0.293 e. The number of ether oxygens (including phenoxy) is 1. The lowest BCUT2D eigenvalue weighted by Crippen LogP contribution is -2.52. The first-order valence-corrected chi connectivity index (χ1v) is 30.3. The van der Waals surface area contributed by atoms with E-state index in [0.717, 1.165) is 61.6 Å². The minimum absolute atomic E-state index is 0.0475. The number of hydrogen-bond acceptors (Lipinski definition) is 15. The van der Waals surface area contributed by atoms with Gasteiger partial charge in [-0.3, -0.25) is 44.3 Å². The van der Waals surface area contributed by atoms with Gasteiger partial charge in [0.25, 0.3) is 27.5 Å². The number of amides is 5. The van der Waals surface area contributed by atoms with Crippen LogP contribution in [0, 0.1) is 21.4 Å². The van der Waals surface area contributed by atoms with Gasteiger partial charge in [-0.25, -0.2) is 18.1 Å². The fourth-order valence-electron chi connectivity index (χ4n) is 12.0. The molecule has 1 unspecified atom stereocenters. The van der Waals surface area contributed by atoms with Gasteiger partial charge in [-0.1, -0.05) is 49.2 Å². The fourth-order valence-corrected chi connectivity index (χ4v) is 13.2. The van der Waals surface area contributed by atoms with Crippen LogP contribution in [-0.4, -0.2) is 132 Å². The fraction of sp³-hybridized carbons (Fsp3) is 0.377. The van der Waals surface area contributed by atoms with Crippen molar-refractivity contribution in [3.05, 3.63) is 146 Å². The zero-order chi connectivity index (χ0) is 58.9. The number of carbonyl (C=O) groups is 5. The minimum atomic E-state index is -4.67. The van der Waals surface area contributed by atoms with Crippen LogP contribution in [-0.2, 0) is 31.0 Å². The number of nitrogens with one attached hydrogen (secondary N) is 5. The van der Waals surface area contributed by atoms with E-state index in [9.17, 15) is 42.5 Å². The summed E-state index contributed by atoms with van der Waals surface area (Å²) in [5.74, 6) is -1.73. The normalized spacial score (nSPS) is 18.6. The molecule has 438 valence electrons. The molecule has 5 amide bonds. The van der Waals surface area contributed by atoms with E-state index in [-0.39, 0.29) is 71.9 Å². The third-order valence-corrected chi connectivity index (χ3v) is 18.4. The van der Waals surface area contributed by atoms with Crippen molar-refractivity contribution in [2.45, 2.75) is 82.7 Å². The van der Waals surface area contributed by atoms with E-state index < -0.39 is 43.4 Å². The van der Waals surface area contributed by atoms with E-state index in [2.05, 4.69) is 66.4 Å². The van der Waals surface area contributed by atoms with Crippen LogP contribution in [0.2, 0.25) is 5.02 Å². The van der Waals surface area contributed by atoms with E-state index in [1.165, 1.54) is 46.0 Å². The summed E-state index contributed by atoms with van der Waals surface area (Å²) in [6, 6.07) is 24.7. The molecule has 4 aliphatic heterocycles. The summed E-state index contributed by atoms with van der Waals surface area (Å²) in [5, 5.41) is 22.7. The number of piperidine rings is 2. The highest BCUT2D eigenvalue weighted by atomic mass is 35.5. The number of nitro groups is 1. The molecule has 84 heavy (non-hydrogen) atoms. The Morgan fingerprint density at radius 1 is 0.893 bits per heavy atom. The molecule has 1 atom stereocenters. The SMILES string of the molecule is CC1(C)CCC(CN2CCN(c3ccc(C(=O)NS(=O)(=O)c4ccc(NCC5CCN(C(=O)CCNc6cccc7c6CN(C6CCC(=O)NC6=O)C7=O)CC5)c([N+](=O)[O-])c4)c(Oc4cnc5[nH]ccc5c4)c3)CC2)=C(c2ccc(Cl)cc2)C1. The molecule has 3 saturated heterocycles. The van der Waals surface area contributed by atoms with Crippen molar-refractivity contribution in [1.82, 2.24) is 34.7 Å². The zero-order valence-corrected chi connectivity index (χ0v) is 48.3. The number of pyridine rings is 1. The molecule has 6 heterocycles. The third kappa shape index (κ3) is 12.7. The van der Waals surface area contributed by atoms with Crippen molar-refractivity contribution in [3.8, 4) is 11.5 Å². The monoisotopic (exact) mass is 1180 g/mol. The number of fused-ring (bicyclic) bond motifs is 2. The number of anilines is 3. The average molecular weight is 1180 g/mol. The van der Waals surface area contributed by atoms with Gasteiger partial charge >= 0.3 is 0 Å². The van der Waals surface area contributed by atoms with Crippen LogP contribution in [0.4, 0.5) is 22.7 Å². The van der Waals surface area contributed by atoms with Crippen LogP contribution in [0.15, 0.2) is 114 Å². The van der Waals surface area contributed by atoms with Crippen molar-refractivity contribution in [1.29, 1.82) is 0 Å². The van der Waals surface area contributed by atoms with Crippen LogP contribution in [0.25, 0.3) is 16.6 Å². The number of imide groups is 1. The molecule has 2 aromatic heterocycles. The predicted octanol–water partition coefficient (Wildman–Crippen LogP) is 8.74. The lowest BCUT2D eigenvalue weighted by Gasteiger charge is -2.39. The number of aromatic nitrogens is 2. The Labute approximate surface area is 491 Å². The van der Waals surface area contributed by atoms with Crippen molar-refractivity contribution in [2.24, 2.45) is 11.3 Å². The Morgan fingerprint density at radius 3 is 2.44 bits per heavy atom. The molecule has 21 nitrogen and oxygen atoms in total. The van der Waals surface area contributed by atoms with E-state index in [0.29, 0.717) is 79.8 Å². The van der Waals surface area contributed by atoms with Gasteiger partial charge in [0.2, 0.25) is 17.7 Å². The van der Waals surface area contributed by atoms with Gasteiger partial charge in [0.05, 0.1) is 21.6 Å². The summed E-state index contributed by atoms with van der Waals surface area (Å²) in [5.41, 5.74) is 7.08. The first-order chi connectivity index (χ1) is 40.3. The topological polar surface area (TPSA) is 262 Å². The molecule has 11 rings (SSSR count). The van der Waals surface area contributed by atoms with Gasteiger partial charge in [-0.15, -0.1) is 0 Å². The van der Waals surface area contributed by atoms with E-state index >= 15 is 0 Å². The van der Waals surface area contributed by atoms with Gasteiger partial charge in [-0.2, -0.15) is 0 Å². The number of likely N-dealkylation sites (tertiary alicyclic amines) is 1. The third-order valence-electron chi connectivity index (χ3n) is 16.8. The Morgan fingerprint density at radius 2 is 1.68 bits per heavy atom. The highest BCUT2D eigenvalue weighted by Crippen LogP contribution is 2.44. The molecule has 0 spiro atoms. The van der Waals surface area contributed by atoms with Crippen molar-refractivity contribution in [3.63, 3.8) is 0 Å². The molecule has 0 radical (unpaired) electrons. The van der Waals surface area contributed by atoms with Crippen LogP contribution < -0.4 is 30.3 Å². The highest BCUT2D eigenvalue weighted by molar-refractivity contribution is 7.90. The highest BCUT2D eigenvalue weighted by Gasteiger charge is 2.40. The number of allylic oxidation sites excluding steroid dienone is 1. The van der Waals surface area contributed by atoms with Crippen LogP contribution in [0.5, 0.6) is 11.5 Å². The van der Waals surface area contributed by atoms with Gasteiger partial charge in [-0.05, 0) is 122 Å². The molecule has 1 aliphatic carbocycles. The molecule has 0 saturated carbocycles. The average Bonchev–Trinajstić information content (AvgIpc) is 3.47.